The maximum absolute atomic E-state index is 12.4. The van der Waals surface area contributed by atoms with Crippen LogP contribution in [0.5, 0.6) is 5.75 Å². The van der Waals surface area contributed by atoms with Gasteiger partial charge in [-0.25, -0.2) is 0 Å². The van der Waals surface area contributed by atoms with E-state index in [9.17, 15) is 14.4 Å². The van der Waals surface area contributed by atoms with Crippen LogP contribution < -0.4 is 4.74 Å². The number of carbonyl (C=O) groups is 3. The summed E-state index contributed by atoms with van der Waals surface area (Å²) in [5, 5.41) is 0.156. The SMILES string of the molecule is COC(=O)CN1C(=O)S/C(=C/c2ccc(OCc3ccc(Cl)cc3)c(Br)c2)C1=O. The summed E-state index contributed by atoms with van der Waals surface area (Å²) in [5.41, 5.74) is 1.68. The molecule has 2 aromatic carbocycles. The van der Waals surface area contributed by atoms with E-state index in [-0.39, 0.29) is 4.91 Å². The van der Waals surface area contributed by atoms with Crippen molar-refractivity contribution in [3.8, 4) is 5.75 Å². The Morgan fingerprint density at radius 3 is 2.59 bits per heavy atom. The lowest BCUT2D eigenvalue weighted by molar-refractivity contribution is -0.143. The van der Waals surface area contributed by atoms with Gasteiger partial charge in [-0.05, 0) is 69.2 Å². The largest absolute Gasteiger partial charge is 0.488 e. The van der Waals surface area contributed by atoms with Gasteiger partial charge in [0.25, 0.3) is 11.1 Å². The van der Waals surface area contributed by atoms with Crippen molar-refractivity contribution in [3.05, 3.63) is 68.0 Å². The van der Waals surface area contributed by atoms with Gasteiger partial charge in [-0.1, -0.05) is 29.8 Å². The summed E-state index contributed by atoms with van der Waals surface area (Å²) in [5.74, 6) is -0.543. The molecule has 1 aliphatic heterocycles. The number of amides is 2. The second kappa shape index (κ2) is 9.47. The lowest BCUT2D eigenvalue weighted by Gasteiger charge is -2.10. The second-order valence-corrected chi connectivity index (χ2v) is 8.23. The number of thioether (sulfide) groups is 1. The molecule has 3 rings (SSSR count). The minimum Gasteiger partial charge on any atom is -0.488 e. The minimum absolute atomic E-state index is 0.237. The van der Waals surface area contributed by atoms with Crippen LogP contribution >= 0.6 is 39.3 Å². The molecule has 150 valence electrons. The molecule has 0 atom stereocenters. The first-order valence-electron chi connectivity index (χ1n) is 8.36. The van der Waals surface area contributed by atoms with Crippen LogP contribution in [0.15, 0.2) is 51.8 Å². The Kier molecular flexibility index (Phi) is 7.00. The molecule has 1 aliphatic rings. The average Bonchev–Trinajstić information content (AvgIpc) is 2.96. The molecule has 29 heavy (non-hydrogen) atoms. The van der Waals surface area contributed by atoms with Crippen molar-refractivity contribution in [2.45, 2.75) is 6.61 Å². The van der Waals surface area contributed by atoms with Gasteiger partial charge in [0.1, 0.15) is 18.9 Å². The summed E-state index contributed by atoms with van der Waals surface area (Å²) < 4.78 is 11.0. The molecule has 0 aliphatic carbocycles. The molecule has 9 heteroatoms. The molecule has 2 aromatic rings. The Hall–Kier alpha value is -2.29. The second-order valence-electron chi connectivity index (χ2n) is 5.95. The average molecular weight is 497 g/mol. The third-order valence-electron chi connectivity index (χ3n) is 3.95. The van der Waals surface area contributed by atoms with Crippen molar-refractivity contribution < 1.29 is 23.9 Å². The smallest absolute Gasteiger partial charge is 0.325 e. The summed E-state index contributed by atoms with van der Waals surface area (Å²) in [7, 11) is 1.20. The predicted octanol–water partition coefficient (Wildman–Crippen LogP) is 4.89. The topological polar surface area (TPSA) is 72.9 Å². The van der Waals surface area contributed by atoms with Gasteiger partial charge in [0.2, 0.25) is 0 Å². The number of hydrogen-bond acceptors (Lipinski definition) is 6. The molecule has 1 saturated heterocycles. The van der Waals surface area contributed by atoms with Crippen LogP contribution in [-0.2, 0) is 20.9 Å². The number of benzene rings is 2. The van der Waals surface area contributed by atoms with Crippen LogP contribution in [0, 0.1) is 0 Å². The van der Waals surface area contributed by atoms with Crippen LogP contribution in [0.25, 0.3) is 6.08 Å². The fourth-order valence-corrected chi connectivity index (χ4v) is 3.92. The number of hydrogen-bond donors (Lipinski definition) is 0. The van der Waals surface area contributed by atoms with Crippen molar-refractivity contribution in [3.63, 3.8) is 0 Å². The minimum atomic E-state index is -0.654. The number of rotatable bonds is 6. The highest BCUT2D eigenvalue weighted by molar-refractivity contribution is 9.10. The Morgan fingerprint density at radius 1 is 1.21 bits per heavy atom. The van der Waals surface area contributed by atoms with E-state index in [0.717, 1.165) is 22.2 Å². The number of esters is 1. The van der Waals surface area contributed by atoms with Crippen molar-refractivity contribution in [2.24, 2.45) is 0 Å². The number of nitrogens with zero attached hydrogens (tertiary/aromatic N) is 1. The molecule has 0 bridgehead atoms. The molecule has 0 spiro atoms. The molecular weight excluding hydrogens is 482 g/mol. The number of methoxy groups -OCH3 is 1. The van der Waals surface area contributed by atoms with E-state index in [0.29, 0.717) is 27.4 Å². The number of halogens is 2. The van der Waals surface area contributed by atoms with Gasteiger partial charge in [-0.3, -0.25) is 19.3 Å². The van der Waals surface area contributed by atoms with Crippen LogP contribution in [0.4, 0.5) is 4.79 Å². The van der Waals surface area contributed by atoms with E-state index in [1.807, 2.05) is 12.1 Å². The third-order valence-corrected chi connectivity index (χ3v) is 5.73. The van der Waals surface area contributed by atoms with Crippen molar-refractivity contribution >= 4 is 62.5 Å². The first kappa shape index (κ1) is 21.4. The van der Waals surface area contributed by atoms with Crippen molar-refractivity contribution in [1.82, 2.24) is 4.90 Å². The number of imide groups is 1. The molecule has 2 amide bonds. The van der Waals surface area contributed by atoms with E-state index in [1.54, 1.807) is 36.4 Å². The maximum atomic E-state index is 12.4. The van der Waals surface area contributed by atoms with Gasteiger partial charge in [-0.2, -0.15) is 0 Å². The van der Waals surface area contributed by atoms with Crippen LogP contribution in [0.1, 0.15) is 11.1 Å². The van der Waals surface area contributed by atoms with Gasteiger partial charge in [0.05, 0.1) is 16.5 Å². The zero-order chi connectivity index (χ0) is 21.0. The lowest BCUT2D eigenvalue weighted by atomic mass is 10.2. The summed E-state index contributed by atoms with van der Waals surface area (Å²) in [6.45, 7) is -0.0266. The third kappa shape index (κ3) is 5.41. The van der Waals surface area contributed by atoms with E-state index >= 15 is 0 Å². The van der Waals surface area contributed by atoms with Crippen molar-refractivity contribution in [1.29, 1.82) is 0 Å². The summed E-state index contributed by atoms with van der Waals surface area (Å²) >= 11 is 10.1. The number of ether oxygens (including phenoxy) is 2. The highest BCUT2D eigenvalue weighted by Crippen LogP contribution is 2.34. The lowest BCUT2D eigenvalue weighted by Crippen LogP contribution is -2.34. The summed E-state index contributed by atoms with van der Waals surface area (Å²) in [6, 6.07) is 12.7. The van der Waals surface area contributed by atoms with E-state index in [1.165, 1.54) is 7.11 Å². The van der Waals surface area contributed by atoms with Gasteiger partial charge in [0.15, 0.2) is 0 Å². The van der Waals surface area contributed by atoms with Gasteiger partial charge in [-0.15, -0.1) is 0 Å². The Morgan fingerprint density at radius 2 is 1.93 bits per heavy atom. The standard InChI is InChI=1S/C20H15BrClNO5S/c1-27-18(24)10-23-19(25)17(29-20(23)26)9-13-4-7-16(15(21)8-13)28-11-12-2-5-14(22)6-3-12/h2-9H,10-11H2,1H3/b17-9+. The number of carbonyl (C=O) groups excluding carboxylic acids is 3. The normalized spacial score (nSPS) is 15.1. The monoisotopic (exact) mass is 495 g/mol. The van der Waals surface area contributed by atoms with Gasteiger partial charge >= 0.3 is 5.97 Å². The molecule has 0 unspecified atom stereocenters. The van der Waals surface area contributed by atoms with E-state index in [2.05, 4.69) is 20.7 Å². The van der Waals surface area contributed by atoms with E-state index < -0.39 is 23.7 Å². The highest BCUT2D eigenvalue weighted by Gasteiger charge is 2.36. The molecule has 6 nitrogen and oxygen atoms in total. The zero-order valence-corrected chi connectivity index (χ0v) is 18.3. The Labute approximate surface area is 184 Å². The summed E-state index contributed by atoms with van der Waals surface area (Å²) in [4.78, 5) is 36.8. The predicted molar refractivity (Wildman–Crippen MR) is 115 cm³/mol. The Bertz CT molecular complexity index is 993. The molecule has 0 aromatic heterocycles. The van der Waals surface area contributed by atoms with Crippen LogP contribution in [0.2, 0.25) is 5.02 Å². The molecule has 0 saturated carbocycles. The molecule has 0 N–H and O–H groups in total. The van der Waals surface area contributed by atoms with Crippen LogP contribution in [0.3, 0.4) is 0 Å². The zero-order valence-electron chi connectivity index (χ0n) is 15.2. The van der Waals surface area contributed by atoms with Crippen molar-refractivity contribution in [2.75, 3.05) is 13.7 Å². The summed E-state index contributed by atoms with van der Waals surface area (Å²) in [6.07, 6.45) is 1.59. The van der Waals surface area contributed by atoms with Crippen LogP contribution in [-0.4, -0.2) is 35.7 Å². The molecule has 0 radical (unpaired) electrons. The molecule has 1 fully saturated rings. The quantitative estimate of drug-likeness (QED) is 0.419. The molecule has 1 heterocycles. The van der Waals surface area contributed by atoms with Gasteiger partial charge in [0, 0.05) is 5.02 Å². The highest BCUT2D eigenvalue weighted by atomic mass is 79.9. The fourth-order valence-electron chi connectivity index (χ4n) is 2.45. The molecular formula is C20H15BrClNO5S. The first-order valence-corrected chi connectivity index (χ1v) is 10.3. The van der Waals surface area contributed by atoms with E-state index in [4.69, 9.17) is 16.3 Å². The maximum Gasteiger partial charge on any atom is 0.325 e. The van der Waals surface area contributed by atoms with Gasteiger partial charge < -0.3 is 9.47 Å². The first-order chi connectivity index (χ1) is 13.9. The fraction of sp³-hybridized carbons (Fsp3) is 0.150. The Balaban J connectivity index is 1.69.